The van der Waals surface area contributed by atoms with Gasteiger partial charge in [-0.2, -0.15) is 4.98 Å². The molecule has 0 saturated carbocycles. The highest BCUT2D eigenvalue weighted by Gasteiger charge is 2.01. The Labute approximate surface area is 116 Å². The van der Waals surface area contributed by atoms with Crippen molar-refractivity contribution in [3.05, 3.63) is 12.3 Å². The molecule has 2 N–H and O–H groups in total. The Kier molecular flexibility index (Phi) is 7.89. The summed E-state index contributed by atoms with van der Waals surface area (Å²) in [4.78, 5) is 11.1. The molecule has 1 aromatic heterocycles. The number of hydrogen-bond donors (Lipinski definition) is 2. The summed E-state index contributed by atoms with van der Waals surface area (Å²) >= 11 is 0. The van der Waals surface area contributed by atoms with E-state index in [0.717, 1.165) is 45.0 Å². The summed E-state index contributed by atoms with van der Waals surface area (Å²) in [6, 6.07) is 1.91. The first-order chi connectivity index (χ1) is 9.30. The van der Waals surface area contributed by atoms with E-state index in [2.05, 4.69) is 46.3 Å². The van der Waals surface area contributed by atoms with E-state index in [1.165, 1.54) is 6.42 Å². The molecular weight excluding hydrogens is 238 g/mol. The van der Waals surface area contributed by atoms with E-state index in [9.17, 15) is 0 Å². The summed E-state index contributed by atoms with van der Waals surface area (Å²) in [6.07, 6.45) is 4.06. The zero-order valence-electron chi connectivity index (χ0n) is 12.4. The van der Waals surface area contributed by atoms with Crippen LogP contribution in [0.25, 0.3) is 0 Å². The van der Waals surface area contributed by atoms with Crippen LogP contribution in [0.3, 0.4) is 0 Å². The van der Waals surface area contributed by atoms with E-state index in [4.69, 9.17) is 0 Å². The van der Waals surface area contributed by atoms with Crippen LogP contribution in [0, 0.1) is 0 Å². The Morgan fingerprint density at radius 3 is 2.58 bits per heavy atom. The van der Waals surface area contributed by atoms with Crippen LogP contribution in [-0.4, -0.2) is 47.6 Å². The van der Waals surface area contributed by atoms with Crippen LogP contribution in [0.2, 0.25) is 0 Å². The Morgan fingerprint density at radius 1 is 1.05 bits per heavy atom. The summed E-state index contributed by atoms with van der Waals surface area (Å²) in [5.74, 6) is 1.59. The van der Waals surface area contributed by atoms with Crippen LogP contribution < -0.4 is 10.6 Å². The Bertz CT molecular complexity index is 342. The van der Waals surface area contributed by atoms with Crippen molar-refractivity contribution in [3.8, 4) is 0 Å². The van der Waals surface area contributed by atoms with Gasteiger partial charge in [0, 0.05) is 25.8 Å². The fraction of sp³-hybridized carbons (Fsp3) is 0.714. The zero-order chi connectivity index (χ0) is 13.9. The third-order valence-corrected chi connectivity index (χ3v) is 2.91. The molecule has 108 valence electrons. The molecule has 0 saturated heterocycles. The van der Waals surface area contributed by atoms with Gasteiger partial charge in [-0.3, -0.25) is 0 Å². The smallest absolute Gasteiger partial charge is 0.224 e. The summed E-state index contributed by atoms with van der Waals surface area (Å²) in [5.41, 5.74) is 0. The van der Waals surface area contributed by atoms with Gasteiger partial charge in [-0.05, 0) is 32.0 Å². The van der Waals surface area contributed by atoms with E-state index >= 15 is 0 Å². The second-order valence-corrected chi connectivity index (χ2v) is 4.55. The lowest BCUT2D eigenvalue weighted by Crippen LogP contribution is -2.29. The van der Waals surface area contributed by atoms with Crippen molar-refractivity contribution in [3.63, 3.8) is 0 Å². The topological polar surface area (TPSA) is 53.1 Å². The molecule has 5 nitrogen and oxygen atoms in total. The second kappa shape index (κ2) is 9.55. The second-order valence-electron chi connectivity index (χ2n) is 4.55. The molecule has 0 atom stereocenters. The molecule has 0 aliphatic carbocycles. The first-order valence-corrected chi connectivity index (χ1v) is 7.33. The van der Waals surface area contributed by atoms with Gasteiger partial charge >= 0.3 is 0 Å². The number of rotatable bonds is 10. The van der Waals surface area contributed by atoms with Gasteiger partial charge in [0.25, 0.3) is 0 Å². The highest BCUT2D eigenvalue weighted by atomic mass is 15.2. The van der Waals surface area contributed by atoms with E-state index in [1.807, 2.05) is 6.07 Å². The Hall–Kier alpha value is -1.36. The molecule has 19 heavy (non-hydrogen) atoms. The van der Waals surface area contributed by atoms with Crippen LogP contribution in [0.5, 0.6) is 0 Å². The molecule has 1 heterocycles. The van der Waals surface area contributed by atoms with Gasteiger partial charge in [0.2, 0.25) is 5.95 Å². The number of aromatic nitrogens is 2. The fourth-order valence-corrected chi connectivity index (χ4v) is 1.87. The average molecular weight is 265 g/mol. The predicted octanol–water partition coefficient (Wildman–Crippen LogP) is 2.44. The maximum absolute atomic E-state index is 4.43. The maximum Gasteiger partial charge on any atom is 0.224 e. The molecule has 0 aliphatic heterocycles. The quantitative estimate of drug-likeness (QED) is 0.680. The first-order valence-electron chi connectivity index (χ1n) is 7.33. The number of hydrogen-bond acceptors (Lipinski definition) is 5. The zero-order valence-corrected chi connectivity index (χ0v) is 12.4. The van der Waals surface area contributed by atoms with Crippen molar-refractivity contribution < 1.29 is 0 Å². The normalized spacial score (nSPS) is 10.7. The third kappa shape index (κ3) is 6.38. The molecular formula is C14H27N5. The lowest BCUT2D eigenvalue weighted by atomic mass is 10.4. The van der Waals surface area contributed by atoms with Crippen molar-refractivity contribution in [2.45, 2.75) is 33.6 Å². The summed E-state index contributed by atoms with van der Waals surface area (Å²) in [7, 11) is 0. The molecule has 0 aromatic carbocycles. The van der Waals surface area contributed by atoms with Crippen molar-refractivity contribution in [2.24, 2.45) is 0 Å². The molecule has 0 aliphatic rings. The van der Waals surface area contributed by atoms with Gasteiger partial charge in [-0.25, -0.2) is 4.98 Å². The molecule has 1 rings (SSSR count). The summed E-state index contributed by atoms with van der Waals surface area (Å²) in [5, 5.41) is 6.54. The lowest BCUT2D eigenvalue weighted by molar-refractivity contribution is 0.300. The molecule has 0 bridgehead atoms. The van der Waals surface area contributed by atoms with E-state index in [0.29, 0.717) is 5.95 Å². The molecule has 5 heteroatoms. The molecule has 0 amide bonds. The predicted molar refractivity (Wildman–Crippen MR) is 81.7 cm³/mol. The van der Waals surface area contributed by atoms with Gasteiger partial charge in [-0.1, -0.05) is 20.8 Å². The van der Waals surface area contributed by atoms with Crippen molar-refractivity contribution in [1.29, 1.82) is 0 Å². The maximum atomic E-state index is 4.43. The molecule has 0 unspecified atom stereocenters. The third-order valence-electron chi connectivity index (χ3n) is 2.91. The van der Waals surface area contributed by atoms with Crippen LogP contribution >= 0.6 is 0 Å². The van der Waals surface area contributed by atoms with Crippen LogP contribution in [0.15, 0.2) is 12.3 Å². The van der Waals surface area contributed by atoms with Gasteiger partial charge in [0.1, 0.15) is 5.82 Å². The van der Waals surface area contributed by atoms with Crippen LogP contribution in [-0.2, 0) is 0 Å². The monoisotopic (exact) mass is 265 g/mol. The minimum absolute atomic E-state index is 0.702. The minimum Gasteiger partial charge on any atom is -0.369 e. The van der Waals surface area contributed by atoms with Gasteiger partial charge in [-0.15, -0.1) is 0 Å². The standard InChI is InChI=1S/C14H27N5/c1-4-8-16-14-17-9-7-13(18-14)15-10-12-19(6-3)11-5-2/h7,9H,4-6,8,10-12H2,1-3H3,(H2,15,16,17,18). The molecule has 0 fully saturated rings. The minimum atomic E-state index is 0.702. The Morgan fingerprint density at radius 2 is 1.89 bits per heavy atom. The summed E-state index contributed by atoms with van der Waals surface area (Å²) < 4.78 is 0. The Balaban J connectivity index is 2.35. The molecule has 0 spiro atoms. The summed E-state index contributed by atoms with van der Waals surface area (Å²) in [6.45, 7) is 11.7. The number of likely N-dealkylation sites (N-methyl/N-ethyl adjacent to an activating group) is 1. The van der Waals surface area contributed by atoms with Crippen molar-refractivity contribution >= 4 is 11.8 Å². The number of nitrogens with zero attached hydrogens (tertiary/aromatic N) is 3. The van der Waals surface area contributed by atoms with E-state index in [1.54, 1.807) is 6.20 Å². The van der Waals surface area contributed by atoms with Crippen LogP contribution in [0.4, 0.5) is 11.8 Å². The van der Waals surface area contributed by atoms with Crippen LogP contribution in [0.1, 0.15) is 33.6 Å². The SMILES string of the molecule is CCCNc1nccc(NCCN(CC)CCC)n1. The highest BCUT2D eigenvalue weighted by molar-refractivity contribution is 5.39. The fourth-order valence-electron chi connectivity index (χ4n) is 1.87. The number of anilines is 2. The van der Waals surface area contributed by atoms with Crippen molar-refractivity contribution in [2.75, 3.05) is 43.4 Å². The van der Waals surface area contributed by atoms with Gasteiger partial charge in [0.15, 0.2) is 0 Å². The highest BCUT2D eigenvalue weighted by Crippen LogP contribution is 2.05. The van der Waals surface area contributed by atoms with E-state index in [-0.39, 0.29) is 0 Å². The van der Waals surface area contributed by atoms with Crippen molar-refractivity contribution in [1.82, 2.24) is 14.9 Å². The number of nitrogens with one attached hydrogen (secondary N) is 2. The first kappa shape index (κ1) is 15.7. The lowest BCUT2D eigenvalue weighted by Gasteiger charge is -2.19. The van der Waals surface area contributed by atoms with E-state index < -0.39 is 0 Å². The average Bonchev–Trinajstić information content (AvgIpc) is 2.44. The molecule has 0 radical (unpaired) electrons. The van der Waals surface area contributed by atoms with Gasteiger partial charge < -0.3 is 15.5 Å². The van der Waals surface area contributed by atoms with Gasteiger partial charge in [0.05, 0.1) is 0 Å². The molecule has 1 aromatic rings. The largest absolute Gasteiger partial charge is 0.369 e.